The van der Waals surface area contributed by atoms with Gasteiger partial charge in [0.1, 0.15) is 0 Å². The van der Waals surface area contributed by atoms with Crippen molar-refractivity contribution in [3.8, 4) is 0 Å². The Hall–Kier alpha value is -1.35. The Bertz CT molecular complexity index is 336. The molecule has 0 aliphatic heterocycles. The van der Waals surface area contributed by atoms with Crippen molar-refractivity contribution < 1.29 is 9.59 Å². The van der Waals surface area contributed by atoms with Crippen LogP contribution in [0.25, 0.3) is 0 Å². The molecule has 62 valence electrons. The van der Waals surface area contributed by atoms with Gasteiger partial charge in [-0.15, -0.1) is 0 Å². The minimum absolute atomic E-state index is 0.0779. The van der Waals surface area contributed by atoms with Crippen molar-refractivity contribution in [2.75, 3.05) is 0 Å². The predicted molar refractivity (Wildman–Crippen MR) is 45.4 cm³/mol. The van der Waals surface area contributed by atoms with Gasteiger partial charge in [0.25, 0.3) is 5.91 Å². The van der Waals surface area contributed by atoms with E-state index in [2.05, 4.69) is 0 Å². The molecule has 1 rings (SSSR count). The summed E-state index contributed by atoms with van der Waals surface area (Å²) in [6.45, 7) is 0. The quantitative estimate of drug-likeness (QED) is 0.702. The van der Waals surface area contributed by atoms with Crippen LogP contribution in [0.15, 0.2) is 18.2 Å². The number of halogens is 1. The minimum Gasteiger partial charge on any atom is -0.366 e. The van der Waals surface area contributed by atoms with Crippen LogP contribution in [0, 0.1) is 0 Å². The molecule has 3 nitrogen and oxygen atoms in total. The maximum absolute atomic E-state index is 10.8. The molecular formula is C8H6ClNO2. The van der Waals surface area contributed by atoms with Crippen LogP contribution in [-0.2, 0) is 0 Å². The van der Waals surface area contributed by atoms with Gasteiger partial charge in [0.15, 0.2) is 6.29 Å². The predicted octanol–water partition coefficient (Wildman–Crippen LogP) is 1.25. The first-order valence-corrected chi connectivity index (χ1v) is 3.58. The standard InChI is InChI=1S/C8H6ClNO2/c9-6-3-1-2-5(4-11)7(6)8(10)12/h1-4H,(H2,10,12). The van der Waals surface area contributed by atoms with E-state index < -0.39 is 5.91 Å². The average molecular weight is 184 g/mol. The largest absolute Gasteiger partial charge is 0.366 e. The van der Waals surface area contributed by atoms with Crippen LogP contribution in [0.5, 0.6) is 0 Å². The number of carbonyl (C=O) groups is 2. The lowest BCUT2D eigenvalue weighted by atomic mass is 10.1. The molecule has 0 radical (unpaired) electrons. The molecule has 0 heterocycles. The highest BCUT2D eigenvalue weighted by Gasteiger charge is 2.10. The zero-order valence-corrected chi connectivity index (χ0v) is 6.84. The maximum atomic E-state index is 10.8. The molecule has 0 bridgehead atoms. The normalized spacial score (nSPS) is 9.42. The van der Waals surface area contributed by atoms with Crippen LogP contribution in [-0.4, -0.2) is 12.2 Å². The smallest absolute Gasteiger partial charge is 0.250 e. The molecule has 0 aromatic heterocycles. The van der Waals surface area contributed by atoms with E-state index in [0.29, 0.717) is 6.29 Å². The molecule has 1 amide bonds. The molecule has 12 heavy (non-hydrogen) atoms. The lowest BCUT2D eigenvalue weighted by Gasteiger charge is -2.00. The van der Waals surface area contributed by atoms with Gasteiger partial charge in [0, 0.05) is 5.56 Å². The van der Waals surface area contributed by atoms with E-state index in [9.17, 15) is 9.59 Å². The van der Waals surface area contributed by atoms with E-state index in [0.717, 1.165) is 0 Å². The van der Waals surface area contributed by atoms with Gasteiger partial charge in [-0.25, -0.2) is 0 Å². The van der Waals surface area contributed by atoms with Crippen molar-refractivity contribution in [2.24, 2.45) is 5.73 Å². The van der Waals surface area contributed by atoms with E-state index in [1.807, 2.05) is 0 Å². The molecule has 0 aliphatic carbocycles. The summed E-state index contributed by atoms with van der Waals surface area (Å²) in [4.78, 5) is 21.2. The van der Waals surface area contributed by atoms with Gasteiger partial charge >= 0.3 is 0 Å². The summed E-state index contributed by atoms with van der Waals surface area (Å²) in [7, 11) is 0. The zero-order valence-electron chi connectivity index (χ0n) is 6.08. The van der Waals surface area contributed by atoms with Gasteiger partial charge in [-0.2, -0.15) is 0 Å². The van der Waals surface area contributed by atoms with E-state index in [1.54, 1.807) is 6.07 Å². The van der Waals surface area contributed by atoms with Crippen LogP contribution in [0.1, 0.15) is 20.7 Å². The number of amides is 1. The van der Waals surface area contributed by atoms with Crippen molar-refractivity contribution >= 4 is 23.8 Å². The van der Waals surface area contributed by atoms with Crippen LogP contribution >= 0.6 is 11.6 Å². The summed E-state index contributed by atoms with van der Waals surface area (Å²) < 4.78 is 0. The van der Waals surface area contributed by atoms with Gasteiger partial charge < -0.3 is 5.73 Å². The zero-order chi connectivity index (χ0) is 9.14. The molecule has 0 spiro atoms. The van der Waals surface area contributed by atoms with Crippen molar-refractivity contribution in [1.82, 2.24) is 0 Å². The number of aldehydes is 1. The fourth-order valence-electron chi connectivity index (χ4n) is 0.899. The lowest BCUT2D eigenvalue weighted by molar-refractivity contribution is 0.0993. The summed E-state index contributed by atoms with van der Waals surface area (Å²) in [6, 6.07) is 4.58. The fraction of sp³-hybridized carbons (Fsp3) is 0. The lowest BCUT2D eigenvalue weighted by Crippen LogP contribution is -2.14. The number of carbonyl (C=O) groups excluding carboxylic acids is 2. The second-order valence-corrected chi connectivity index (χ2v) is 2.59. The van der Waals surface area contributed by atoms with Crippen LogP contribution in [0.4, 0.5) is 0 Å². The number of benzene rings is 1. The first-order chi connectivity index (χ1) is 5.66. The Labute approximate surface area is 74.1 Å². The highest BCUT2D eigenvalue weighted by atomic mass is 35.5. The van der Waals surface area contributed by atoms with E-state index in [1.165, 1.54) is 12.1 Å². The van der Waals surface area contributed by atoms with Gasteiger partial charge in [0.05, 0.1) is 10.6 Å². The molecule has 0 saturated heterocycles. The third-order valence-electron chi connectivity index (χ3n) is 1.42. The van der Waals surface area contributed by atoms with E-state index in [-0.39, 0.29) is 16.1 Å². The highest BCUT2D eigenvalue weighted by molar-refractivity contribution is 6.34. The monoisotopic (exact) mass is 183 g/mol. The molecule has 0 fully saturated rings. The van der Waals surface area contributed by atoms with Crippen molar-refractivity contribution in [3.63, 3.8) is 0 Å². The molecule has 4 heteroatoms. The Morgan fingerprint density at radius 3 is 2.58 bits per heavy atom. The number of rotatable bonds is 2. The Kier molecular flexibility index (Phi) is 2.45. The van der Waals surface area contributed by atoms with Crippen molar-refractivity contribution in [1.29, 1.82) is 0 Å². The first kappa shape index (κ1) is 8.74. The van der Waals surface area contributed by atoms with Crippen molar-refractivity contribution in [2.45, 2.75) is 0 Å². The number of hydrogen-bond acceptors (Lipinski definition) is 2. The SMILES string of the molecule is NC(=O)c1c(Cl)cccc1C=O. The van der Waals surface area contributed by atoms with E-state index >= 15 is 0 Å². The Morgan fingerprint density at radius 1 is 1.50 bits per heavy atom. The second kappa shape index (κ2) is 3.36. The summed E-state index contributed by atoms with van der Waals surface area (Å²) >= 11 is 5.64. The molecular weight excluding hydrogens is 178 g/mol. The van der Waals surface area contributed by atoms with E-state index in [4.69, 9.17) is 17.3 Å². The Morgan fingerprint density at radius 2 is 2.17 bits per heavy atom. The summed E-state index contributed by atoms with van der Waals surface area (Å²) in [6.07, 6.45) is 0.548. The molecule has 0 aliphatic rings. The summed E-state index contributed by atoms with van der Waals surface area (Å²) in [5.41, 5.74) is 5.30. The van der Waals surface area contributed by atoms with Crippen LogP contribution in [0.3, 0.4) is 0 Å². The van der Waals surface area contributed by atoms with Crippen LogP contribution < -0.4 is 5.73 Å². The molecule has 0 saturated carbocycles. The molecule has 1 aromatic rings. The fourth-order valence-corrected chi connectivity index (χ4v) is 1.17. The average Bonchev–Trinajstić information content (AvgIpc) is 2.03. The topological polar surface area (TPSA) is 60.2 Å². The van der Waals surface area contributed by atoms with Gasteiger partial charge in [-0.05, 0) is 6.07 Å². The van der Waals surface area contributed by atoms with Gasteiger partial charge in [-0.1, -0.05) is 23.7 Å². The number of hydrogen-bond donors (Lipinski definition) is 1. The molecule has 2 N–H and O–H groups in total. The van der Waals surface area contributed by atoms with Crippen molar-refractivity contribution in [3.05, 3.63) is 34.3 Å². The summed E-state index contributed by atoms with van der Waals surface area (Å²) in [5.74, 6) is -0.692. The second-order valence-electron chi connectivity index (χ2n) is 2.19. The first-order valence-electron chi connectivity index (χ1n) is 3.20. The summed E-state index contributed by atoms with van der Waals surface area (Å²) in [5, 5.41) is 0.201. The third kappa shape index (κ3) is 1.46. The minimum atomic E-state index is -0.692. The highest BCUT2D eigenvalue weighted by Crippen LogP contribution is 2.17. The number of nitrogens with two attached hydrogens (primary N) is 1. The maximum Gasteiger partial charge on any atom is 0.250 e. The molecule has 0 unspecified atom stereocenters. The Balaban J connectivity index is 3.39. The molecule has 1 aromatic carbocycles. The van der Waals surface area contributed by atoms with Gasteiger partial charge in [0.2, 0.25) is 0 Å². The third-order valence-corrected chi connectivity index (χ3v) is 1.73. The van der Waals surface area contributed by atoms with Gasteiger partial charge in [-0.3, -0.25) is 9.59 Å². The van der Waals surface area contributed by atoms with Crippen LogP contribution in [0.2, 0.25) is 5.02 Å². The molecule has 0 atom stereocenters. The number of primary amides is 1.